The van der Waals surface area contributed by atoms with Crippen molar-refractivity contribution in [3.63, 3.8) is 0 Å². The second-order valence-corrected chi connectivity index (χ2v) is 2.78. The number of aromatic nitrogens is 2. The van der Waals surface area contributed by atoms with E-state index in [1.807, 2.05) is 26.8 Å². The molecule has 0 fully saturated rings. The van der Waals surface area contributed by atoms with Crippen LogP contribution in [0.15, 0.2) is 12.6 Å². The van der Waals surface area contributed by atoms with Gasteiger partial charge in [0.15, 0.2) is 0 Å². The van der Waals surface area contributed by atoms with Crippen molar-refractivity contribution in [3.05, 3.63) is 29.6 Å². The van der Waals surface area contributed by atoms with Crippen LogP contribution in [0.1, 0.15) is 23.9 Å². The Hall–Kier alpha value is -1.18. The van der Waals surface area contributed by atoms with E-state index in [1.165, 1.54) is 0 Å². The van der Waals surface area contributed by atoms with Crippen molar-refractivity contribution in [2.45, 2.75) is 20.8 Å². The minimum Gasteiger partial charge on any atom is -0.155 e. The number of rotatable bonds is 1. The minimum absolute atomic E-state index is 0.883. The Bertz CT molecular complexity index is 290. The molecule has 0 aliphatic carbocycles. The highest BCUT2D eigenvalue weighted by Gasteiger charge is 1.98. The topological polar surface area (TPSA) is 25.8 Å². The van der Waals surface area contributed by atoms with Gasteiger partial charge in [0.1, 0.15) is 0 Å². The summed E-state index contributed by atoms with van der Waals surface area (Å²) >= 11 is 0. The summed E-state index contributed by atoms with van der Waals surface area (Å²) in [7, 11) is 0. The summed E-state index contributed by atoms with van der Waals surface area (Å²) in [4.78, 5) is 0. The van der Waals surface area contributed by atoms with Gasteiger partial charge in [0.05, 0.1) is 11.4 Å². The maximum atomic E-state index is 3.99. The first kappa shape index (κ1) is 7.92. The molecule has 0 spiro atoms. The van der Waals surface area contributed by atoms with Crippen molar-refractivity contribution in [2.75, 3.05) is 0 Å². The highest BCUT2D eigenvalue weighted by molar-refractivity contribution is 5.57. The van der Waals surface area contributed by atoms with E-state index in [2.05, 4.69) is 16.8 Å². The molecular weight excluding hydrogens is 136 g/mol. The van der Waals surface area contributed by atoms with E-state index in [-0.39, 0.29) is 0 Å². The number of nitrogens with zero attached hydrogens (tertiary/aromatic N) is 2. The van der Waals surface area contributed by atoms with Gasteiger partial charge in [-0.15, -0.1) is 0 Å². The van der Waals surface area contributed by atoms with E-state index in [0.29, 0.717) is 0 Å². The predicted octanol–water partition coefficient (Wildman–Crippen LogP) is 2.13. The third kappa shape index (κ3) is 1.64. The zero-order valence-corrected chi connectivity index (χ0v) is 7.18. The van der Waals surface area contributed by atoms with Crippen LogP contribution in [-0.2, 0) is 0 Å². The number of hydrogen-bond donors (Lipinski definition) is 0. The first-order chi connectivity index (χ1) is 5.11. The first-order valence-electron chi connectivity index (χ1n) is 3.58. The second-order valence-electron chi connectivity index (χ2n) is 2.78. The molecule has 1 heterocycles. The van der Waals surface area contributed by atoms with Crippen LogP contribution in [0.25, 0.3) is 5.57 Å². The fourth-order valence-corrected chi connectivity index (χ4v) is 0.755. The normalized spacial score (nSPS) is 9.73. The molecule has 1 rings (SSSR count). The molecule has 0 N–H and O–H groups in total. The minimum atomic E-state index is 0.883. The second kappa shape index (κ2) is 2.82. The Balaban J connectivity index is 3.15. The van der Waals surface area contributed by atoms with E-state index in [9.17, 15) is 0 Å². The Kier molecular flexibility index (Phi) is 2.03. The molecule has 0 saturated carbocycles. The van der Waals surface area contributed by atoms with Crippen molar-refractivity contribution < 1.29 is 0 Å². The van der Waals surface area contributed by atoms with Gasteiger partial charge in [-0.05, 0) is 38.0 Å². The molecule has 58 valence electrons. The lowest BCUT2D eigenvalue weighted by Crippen LogP contribution is -1.94. The van der Waals surface area contributed by atoms with Crippen LogP contribution in [0.4, 0.5) is 0 Å². The van der Waals surface area contributed by atoms with Gasteiger partial charge in [0.2, 0.25) is 0 Å². The van der Waals surface area contributed by atoms with Crippen LogP contribution in [-0.4, -0.2) is 10.2 Å². The van der Waals surface area contributed by atoms with Gasteiger partial charge < -0.3 is 0 Å². The van der Waals surface area contributed by atoms with Crippen LogP contribution in [0, 0.1) is 13.8 Å². The molecular formula is C9H12N2. The molecule has 0 aromatic carbocycles. The van der Waals surface area contributed by atoms with Crippen LogP contribution < -0.4 is 0 Å². The summed E-state index contributed by atoms with van der Waals surface area (Å²) in [6, 6.07) is 2.00. The van der Waals surface area contributed by atoms with Gasteiger partial charge in [0, 0.05) is 0 Å². The van der Waals surface area contributed by atoms with E-state index in [4.69, 9.17) is 0 Å². The van der Waals surface area contributed by atoms with Gasteiger partial charge >= 0.3 is 0 Å². The van der Waals surface area contributed by atoms with E-state index in [1.54, 1.807) is 0 Å². The molecule has 2 nitrogen and oxygen atoms in total. The molecule has 0 aliphatic heterocycles. The van der Waals surface area contributed by atoms with E-state index < -0.39 is 0 Å². The molecule has 0 amide bonds. The zero-order chi connectivity index (χ0) is 8.43. The predicted molar refractivity (Wildman–Crippen MR) is 46.2 cm³/mol. The molecule has 0 unspecified atom stereocenters. The van der Waals surface area contributed by atoms with E-state index >= 15 is 0 Å². The van der Waals surface area contributed by atoms with Crippen molar-refractivity contribution in [3.8, 4) is 0 Å². The largest absolute Gasteiger partial charge is 0.155 e. The van der Waals surface area contributed by atoms with Crippen LogP contribution in [0.2, 0.25) is 0 Å². The standard InChI is InChI=1S/C9H12N2/c1-6(2)9-5-7(3)8(4)10-11-9/h5H,1H2,2-4H3. The molecule has 0 atom stereocenters. The average molecular weight is 148 g/mol. The zero-order valence-electron chi connectivity index (χ0n) is 7.18. The highest BCUT2D eigenvalue weighted by Crippen LogP contribution is 2.10. The summed E-state index contributed by atoms with van der Waals surface area (Å²) in [6.45, 7) is 9.70. The smallest absolute Gasteiger partial charge is 0.0883 e. The van der Waals surface area contributed by atoms with Gasteiger partial charge in [-0.25, -0.2) is 0 Å². The van der Waals surface area contributed by atoms with Gasteiger partial charge in [-0.2, -0.15) is 10.2 Å². The van der Waals surface area contributed by atoms with Crippen molar-refractivity contribution >= 4 is 5.57 Å². The monoisotopic (exact) mass is 148 g/mol. The molecule has 1 aromatic heterocycles. The van der Waals surface area contributed by atoms with Gasteiger partial charge in [-0.3, -0.25) is 0 Å². The van der Waals surface area contributed by atoms with Gasteiger partial charge in [0.25, 0.3) is 0 Å². The number of allylic oxidation sites excluding steroid dienone is 1. The number of aryl methyl sites for hydroxylation is 2. The molecule has 0 radical (unpaired) electrons. The lowest BCUT2D eigenvalue weighted by Gasteiger charge is -2.00. The summed E-state index contributed by atoms with van der Waals surface area (Å²) < 4.78 is 0. The maximum Gasteiger partial charge on any atom is 0.0883 e. The molecule has 0 saturated heterocycles. The quantitative estimate of drug-likeness (QED) is 0.609. The molecule has 0 bridgehead atoms. The Morgan fingerprint density at radius 3 is 2.45 bits per heavy atom. The highest BCUT2D eigenvalue weighted by atomic mass is 15.1. The lowest BCUT2D eigenvalue weighted by molar-refractivity contribution is 0.945. The molecule has 2 heteroatoms. The SMILES string of the molecule is C=C(C)c1cc(C)c(C)nn1. The molecule has 0 aliphatic rings. The first-order valence-corrected chi connectivity index (χ1v) is 3.58. The van der Waals surface area contributed by atoms with Gasteiger partial charge in [-0.1, -0.05) is 6.58 Å². The fourth-order valence-electron chi connectivity index (χ4n) is 0.755. The summed E-state index contributed by atoms with van der Waals surface area (Å²) in [5, 5.41) is 7.98. The third-order valence-corrected chi connectivity index (χ3v) is 1.67. The Labute approximate surface area is 67.0 Å². The van der Waals surface area contributed by atoms with Crippen molar-refractivity contribution in [1.82, 2.24) is 10.2 Å². The molecule has 1 aromatic rings. The molecule has 11 heavy (non-hydrogen) atoms. The Morgan fingerprint density at radius 1 is 1.36 bits per heavy atom. The third-order valence-electron chi connectivity index (χ3n) is 1.67. The van der Waals surface area contributed by atoms with Crippen molar-refractivity contribution in [1.29, 1.82) is 0 Å². The van der Waals surface area contributed by atoms with Crippen LogP contribution in [0.5, 0.6) is 0 Å². The average Bonchev–Trinajstić information content (AvgIpc) is 1.94. The summed E-state index contributed by atoms with van der Waals surface area (Å²) in [6.07, 6.45) is 0. The summed E-state index contributed by atoms with van der Waals surface area (Å²) in [5.74, 6) is 0. The fraction of sp³-hybridized carbons (Fsp3) is 0.333. The van der Waals surface area contributed by atoms with Crippen molar-refractivity contribution in [2.24, 2.45) is 0 Å². The van der Waals surface area contributed by atoms with Crippen LogP contribution >= 0.6 is 0 Å². The number of hydrogen-bond acceptors (Lipinski definition) is 2. The maximum absolute atomic E-state index is 3.99. The lowest BCUT2D eigenvalue weighted by atomic mass is 10.1. The Morgan fingerprint density at radius 2 is 2.00 bits per heavy atom. The summed E-state index contributed by atoms with van der Waals surface area (Å²) in [5.41, 5.74) is 3.99. The van der Waals surface area contributed by atoms with E-state index in [0.717, 1.165) is 22.5 Å². The van der Waals surface area contributed by atoms with Crippen LogP contribution in [0.3, 0.4) is 0 Å².